The van der Waals surface area contributed by atoms with Crippen LogP contribution in [0, 0.1) is 5.92 Å². The van der Waals surface area contributed by atoms with Gasteiger partial charge in [0, 0.05) is 23.7 Å². The van der Waals surface area contributed by atoms with Gasteiger partial charge in [-0.25, -0.2) is 0 Å². The predicted octanol–water partition coefficient (Wildman–Crippen LogP) is 2.35. The van der Waals surface area contributed by atoms with Crippen molar-refractivity contribution in [2.45, 2.75) is 33.1 Å². The first-order valence-electron chi connectivity index (χ1n) is 6.97. The Morgan fingerprint density at radius 1 is 1.25 bits per heavy atom. The zero-order valence-electron chi connectivity index (χ0n) is 12.1. The Morgan fingerprint density at radius 3 is 2.50 bits per heavy atom. The second-order valence-corrected chi connectivity index (χ2v) is 4.80. The molecule has 0 aliphatic heterocycles. The quantitative estimate of drug-likeness (QED) is 0.715. The lowest BCUT2D eigenvalue weighted by Gasteiger charge is -2.12. The third-order valence-corrected chi connectivity index (χ3v) is 3.02. The molecule has 1 unspecified atom stereocenters. The van der Waals surface area contributed by atoms with E-state index >= 15 is 0 Å². The molecule has 0 radical (unpaired) electrons. The average Bonchev–Trinajstić information content (AvgIpc) is 2.44. The minimum atomic E-state index is -0.0764. The van der Waals surface area contributed by atoms with E-state index in [1.165, 1.54) is 0 Å². The lowest BCUT2D eigenvalue weighted by molar-refractivity contribution is -0.119. The summed E-state index contributed by atoms with van der Waals surface area (Å²) in [6.45, 7) is 4.27. The number of carbonyl (C=O) groups excluding carboxylic acids is 2. The molecule has 2 amide bonds. The summed E-state index contributed by atoms with van der Waals surface area (Å²) in [5, 5.41) is 5.61. The molecule has 0 aliphatic rings. The van der Waals surface area contributed by atoms with Crippen LogP contribution >= 0.6 is 0 Å². The zero-order valence-corrected chi connectivity index (χ0v) is 12.1. The maximum atomic E-state index is 12.0. The highest BCUT2D eigenvalue weighted by atomic mass is 16.2. The van der Waals surface area contributed by atoms with Crippen molar-refractivity contribution in [2.24, 2.45) is 11.7 Å². The van der Waals surface area contributed by atoms with E-state index in [1.807, 2.05) is 6.92 Å². The number of benzene rings is 1. The molecule has 0 heterocycles. The van der Waals surface area contributed by atoms with E-state index in [2.05, 4.69) is 10.6 Å². The normalized spacial score (nSPS) is 11.8. The molecule has 5 heteroatoms. The largest absolute Gasteiger partial charge is 0.330 e. The van der Waals surface area contributed by atoms with Gasteiger partial charge in [-0.15, -0.1) is 0 Å². The molecule has 110 valence electrons. The molecular formula is C15H23N3O2. The Morgan fingerprint density at radius 2 is 1.90 bits per heavy atom. The van der Waals surface area contributed by atoms with Gasteiger partial charge in [-0.2, -0.15) is 0 Å². The molecule has 20 heavy (non-hydrogen) atoms. The highest BCUT2D eigenvalue weighted by Crippen LogP contribution is 2.17. The van der Waals surface area contributed by atoms with Gasteiger partial charge in [0.2, 0.25) is 11.8 Å². The Labute approximate surface area is 119 Å². The summed E-state index contributed by atoms with van der Waals surface area (Å²) in [6, 6.07) is 7.14. The van der Waals surface area contributed by atoms with Crippen LogP contribution in [0.25, 0.3) is 0 Å². The van der Waals surface area contributed by atoms with Gasteiger partial charge in [0.15, 0.2) is 0 Å². The maximum absolute atomic E-state index is 12.0. The number of rotatable bonds is 7. The first-order chi connectivity index (χ1) is 9.56. The van der Waals surface area contributed by atoms with Gasteiger partial charge >= 0.3 is 0 Å². The molecule has 0 spiro atoms. The molecule has 0 aliphatic carbocycles. The molecule has 4 N–H and O–H groups in total. The van der Waals surface area contributed by atoms with Crippen LogP contribution in [0.4, 0.5) is 11.4 Å². The highest BCUT2D eigenvalue weighted by molar-refractivity contribution is 5.94. The van der Waals surface area contributed by atoms with Crippen molar-refractivity contribution in [3.05, 3.63) is 24.3 Å². The average molecular weight is 277 g/mol. The number of hydrogen-bond donors (Lipinski definition) is 3. The summed E-state index contributed by atoms with van der Waals surface area (Å²) in [5.41, 5.74) is 6.81. The van der Waals surface area contributed by atoms with Gasteiger partial charge in [0.25, 0.3) is 0 Å². The lowest BCUT2D eigenvalue weighted by Crippen LogP contribution is -2.21. The number of anilines is 2. The first kappa shape index (κ1) is 16.2. The van der Waals surface area contributed by atoms with Crippen LogP contribution in [0.5, 0.6) is 0 Å². The van der Waals surface area contributed by atoms with E-state index in [0.717, 1.165) is 12.8 Å². The fourth-order valence-electron chi connectivity index (χ4n) is 1.74. The van der Waals surface area contributed by atoms with E-state index in [9.17, 15) is 9.59 Å². The van der Waals surface area contributed by atoms with E-state index in [0.29, 0.717) is 24.3 Å². The van der Waals surface area contributed by atoms with Crippen LogP contribution in [-0.4, -0.2) is 18.4 Å². The van der Waals surface area contributed by atoms with Crippen LogP contribution in [0.3, 0.4) is 0 Å². The van der Waals surface area contributed by atoms with Crippen LogP contribution in [0.1, 0.15) is 33.1 Å². The molecule has 0 saturated carbocycles. The summed E-state index contributed by atoms with van der Waals surface area (Å²) in [7, 11) is 0. The van der Waals surface area contributed by atoms with Crippen molar-refractivity contribution >= 4 is 23.2 Å². The van der Waals surface area contributed by atoms with E-state index < -0.39 is 0 Å². The summed E-state index contributed by atoms with van der Waals surface area (Å²) in [5.74, 6) is -0.158. The second-order valence-electron chi connectivity index (χ2n) is 4.80. The summed E-state index contributed by atoms with van der Waals surface area (Å²) >= 11 is 0. The van der Waals surface area contributed by atoms with Crippen molar-refractivity contribution in [1.82, 2.24) is 0 Å². The molecule has 1 rings (SSSR count). The molecule has 1 aromatic carbocycles. The third-order valence-electron chi connectivity index (χ3n) is 3.02. The van der Waals surface area contributed by atoms with Crippen LogP contribution in [0.2, 0.25) is 0 Å². The Balaban J connectivity index is 2.61. The van der Waals surface area contributed by atoms with Crippen LogP contribution in [0.15, 0.2) is 24.3 Å². The molecule has 5 nitrogen and oxygen atoms in total. The number of carbonyl (C=O) groups is 2. The summed E-state index contributed by atoms with van der Waals surface area (Å²) in [6.07, 6.45) is 2.03. The van der Waals surface area contributed by atoms with Crippen molar-refractivity contribution in [3.8, 4) is 0 Å². The standard InChI is InChI=1S/C15H23N3O2/c1-3-14(19)17-12-7-4-8-13(10-12)18-15(20)11(2)6-5-9-16/h4,7-8,10-11H,3,5-6,9,16H2,1-2H3,(H,17,19)(H,18,20). The van der Waals surface area contributed by atoms with Crippen molar-refractivity contribution in [1.29, 1.82) is 0 Å². The van der Waals surface area contributed by atoms with E-state index in [1.54, 1.807) is 31.2 Å². The SMILES string of the molecule is CCC(=O)Nc1cccc(NC(=O)C(C)CCCN)c1. The van der Waals surface area contributed by atoms with Crippen molar-refractivity contribution < 1.29 is 9.59 Å². The molecule has 1 atom stereocenters. The number of hydrogen-bond acceptors (Lipinski definition) is 3. The van der Waals surface area contributed by atoms with Crippen LogP contribution in [-0.2, 0) is 9.59 Å². The monoisotopic (exact) mass is 277 g/mol. The smallest absolute Gasteiger partial charge is 0.227 e. The topological polar surface area (TPSA) is 84.2 Å². The molecule has 1 aromatic rings. The lowest BCUT2D eigenvalue weighted by atomic mass is 10.0. The van der Waals surface area contributed by atoms with Gasteiger partial charge in [-0.1, -0.05) is 19.9 Å². The minimum Gasteiger partial charge on any atom is -0.330 e. The molecule has 0 aromatic heterocycles. The van der Waals surface area contributed by atoms with Crippen molar-refractivity contribution in [2.75, 3.05) is 17.2 Å². The van der Waals surface area contributed by atoms with Gasteiger partial charge < -0.3 is 16.4 Å². The minimum absolute atomic E-state index is 0.0302. The van der Waals surface area contributed by atoms with Crippen molar-refractivity contribution in [3.63, 3.8) is 0 Å². The highest BCUT2D eigenvalue weighted by Gasteiger charge is 2.12. The zero-order chi connectivity index (χ0) is 15.0. The summed E-state index contributed by atoms with van der Waals surface area (Å²) < 4.78 is 0. The molecular weight excluding hydrogens is 254 g/mol. The fraction of sp³-hybridized carbons (Fsp3) is 0.467. The second kappa shape index (κ2) is 8.32. The van der Waals surface area contributed by atoms with Gasteiger partial charge in [-0.05, 0) is 37.6 Å². The van der Waals surface area contributed by atoms with E-state index in [4.69, 9.17) is 5.73 Å². The maximum Gasteiger partial charge on any atom is 0.227 e. The molecule has 0 bridgehead atoms. The number of amides is 2. The summed E-state index contributed by atoms with van der Waals surface area (Å²) in [4.78, 5) is 23.3. The van der Waals surface area contributed by atoms with Gasteiger partial charge in [0.1, 0.15) is 0 Å². The van der Waals surface area contributed by atoms with Crippen LogP contribution < -0.4 is 16.4 Å². The first-order valence-corrected chi connectivity index (χ1v) is 6.97. The van der Waals surface area contributed by atoms with Gasteiger partial charge in [0.05, 0.1) is 0 Å². The molecule has 0 saturated heterocycles. The van der Waals surface area contributed by atoms with E-state index in [-0.39, 0.29) is 17.7 Å². The Hall–Kier alpha value is -1.88. The number of nitrogens with one attached hydrogen (secondary N) is 2. The Bertz CT molecular complexity index is 460. The predicted molar refractivity (Wildman–Crippen MR) is 81.4 cm³/mol. The molecule has 0 fully saturated rings. The third kappa shape index (κ3) is 5.40. The number of nitrogens with two attached hydrogens (primary N) is 1. The Kier molecular flexibility index (Phi) is 6.73. The fourth-order valence-corrected chi connectivity index (χ4v) is 1.74. The van der Waals surface area contributed by atoms with Gasteiger partial charge in [-0.3, -0.25) is 9.59 Å².